The highest BCUT2D eigenvalue weighted by molar-refractivity contribution is 5.76. The zero-order valence-corrected chi connectivity index (χ0v) is 57.2. The first-order valence-electron chi connectivity index (χ1n) is 38.6. The highest BCUT2D eigenvalue weighted by Gasteiger charge is 2.20. The molecular weight excluding hydrogens is 1030 g/mol. The maximum Gasteiger partial charge on any atom is 0.305 e. The second kappa shape index (κ2) is 73.8. The van der Waals surface area contributed by atoms with Crippen LogP contribution in [-0.4, -0.2) is 47.4 Å². The van der Waals surface area contributed by atoms with E-state index in [9.17, 15) is 19.8 Å². The zero-order valence-electron chi connectivity index (χ0n) is 57.2. The van der Waals surface area contributed by atoms with Crippen molar-refractivity contribution in [1.29, 1.82) is 0 Å². The molecule has 1 amide bonds. The fraction of sp³-hybridized carbons (Fsp3) is 0.923. The molecule has 0 aliphatic carbocycles. The van der Waals surface area contributed by atoms with Gasteiger partial charge in [0, 0.05) is 12.8 Å². The van der Waals surface area contributed by atoms with Gasteiger partial charge in [0.1, 0.15) is 0 Å². The van der Waals surface area contributed by atoms with Crippen molar-refractivity contribution >= 4 is 11.9 Å². The normalized spacial score (nSPS) is 12.6. The highest BCUT2D eigenvalue weighted by Crippen LogP contribution is 2.20. The number of hydrogen-bond acceptors (Lipinski definition) is 5. The molecule has 6 heteroatoms. The topological polar surface area (TPSA) is 95.9 Å². The van der Waals surface area contributed by atoms with E-state index in [-0.39, 0.29) is 18.5 Å². The van der Waals surface area contributed by atoms with Gasteiger partial charge in [0.2, 0.25) is 5.91 Å². The lowest BCUT2D eigenvalue weighted by molar-refractivity contribution is -0.143. The third kappa shape index (κ3) is 69.4. The van der Waals surface area contributed by atoms with Gasteiger partial charge in [0.05, 0.1) is 25.4 Å². The van der Waals surface area contributed by atoms with Gasteiger partial charge in [-0.2, -0.15) is 0 Å². The number of amides is 1. The van der Waals surface area contributed by atoms with Gasteiger partial charge in [0.15, 0.2) is 0 Å². The zero-order chi connectivity index (χ0) is 60.6. The number of hydrogen-bond donors (Lipinski definition) is 3. The molecule has 0 aromatic rings. The van der Waals surface area contributed by atoms with Crippen molar-refractivity contribution in [3.63, 3.8) is 0 Å². The van der Waals surface area contributed by atoms with Crippen LogP contribution in [0.25, 0.3) is 0 Å². The Morgan fingerprint density at radius 2 is 0.607 bits per heavy atom. The Morgan fingerprint density at radius 3 is 0.940 bits per heavy atom. The summed E-state index contributed by atoms with van der Waals surface area (Å²) in [4.78, 5) is 24.6. The molecule has 2 atom stereocenters. The van der Waals surface area contributed by atoms with Gasteiger partial charge in [-0.3, -0.25) is 9.59 Å². The first-order chi connectivity index (χ1) is 41.5. The lowest BCUT2D eigenvalue weighted by Crippen LogP contribution is -2.45. The molecule has 0 rings (SSSR count). The summed E-state index contributed by atoms with van der Waals surface area (Å²) in [6.45, 7) is 4.96. The number of aliphatic hydroxyl groups excluding tert-OH is 2. The Hall–Kier alpha value is -1.66. The molecule has 0 aromatic carbocycles. The van der Waals surface area contributed by atoms with Crippen LogP contribution in [0, 0.1) is 0 Å². The van der Waals surface area contributed by atoms with Crippen LogP contribution in [0.2, 0.25) is 0 Å². The van der Waals surface area contributed by atoms with Crippen molar-refractivity contribution < 1.29 is 24.5 Å². The molecule has 84 heavy (non-hydrogen) atoms. The highest BCUT2D eigenvalue weighted by atomic mass is 16.5. The average Bonchev–Trinajstić information content (AvgIpc) is 3.51. The lowest BCUT2D eigenvalue weighted by Gasteiger charge is -2.22. The molecular formula is C78H151NO5. The Kier molecular flexibility index (Phi) is 72.3. The van der Waals surface area contributed by atoms with Crippen LogP contribution in [0.5, 0.6) is 0 Å². The number of ether oxygens (including phenoxy) is 1. The van der Waals surface area contributed by atoms with E-state index >= 15 is 0 Å². The Morgan fingerprint density at radius 1 is 0.333 bits per heavy atom. The summed E-state index contributed by atoms with van der Waals surface area (Å²) in [5.74, 6) is -0.0186. The molecule has 6 nitrogen and oxygen atoms in total. The molecule has 0 radical (unpaired) electrons. The summed E-state index contributed by atoms with van der Waals surface area (Å²) < 4.78 is 5.49. The van der Waals surface area contributed by atoms with E-state index in [0.29, 0.717) is 25.9 Å². The number of carbonyl (C=O) groups is 2. The number of nitrogens with one attached hydrogen (secondary N) is 1. The minimum atomic E-state index is -0.662. The summed E-state index contributed by atoms with van der Waals surface area (Å²) in [6, 6.07) is -0.539. The number of esters is 1. The number of allylic oxidation sites excluding steroid dienone is 4. The maximum atomic E-state index is 12.6. The van der Waals surface area contributed by atoms with Gasteiger partial charge < -0.3 is 20.3 Å². The molecule has 0 saturated carbocycles. The SMILES string of the molecule is CCCC/C=C\C/C=C\CCCCCCCC(=O)OCCCCCCCCCCCCCCCCCCCCCCCCCCCCCCCCCC(=O)NC(CO)C(O)CCCCCCCCCCCCCCCCCCCCCCCC. The maximum absolute atomic E-state index is 12.6. The predicted octanol–water partition coefficient (Wildman–Crippen LogP) is 25.3. The summed E-state index contributed by atoms with van der Waals surface area (Å²) in [5, 5.41) is 23.5. The van der Waals surface area contributed by atoms with Crippen molar-refractivity contribution in [2.45, 2.75) is 450 Å². The molecule has 498 valence electrons. The standard InChI is InChI=1S/C78H151NO5/c1-3-5-7-9-11-13-15-17-19-20-21-22-34-37-40-43-46-50-54-58-62-66-70-76(81)75(74-80)79-77(82)71-67-63-59-55-51-47-44-41-38-35-32-30-28-26-24-23-25-27-29-31-33-36-39-42-45-49-53-57-61-65-69-73-84-78(83)72-68-64-60-56-52-48-18-16-14-12-10-8-6-4-2/h10,12,16,18,75-76,80-81H,3-9,11,13-15,17,19-74H2,1-2H3,(H,79,82)/b12-10-,18-16-. The van der Waals surface area contributed by atoms with Crippen LogP contribution >= 0.6 is 0 Å². The van der Waals surface area contributed by atoms with Gasteiger partial charge in [-0.15, -0.1) is 0 Å². The van der Waals surface area contributed by atoms with Crippen LogP contribution in [0.3, 0.4) is 0 Å². The molecule has 0 bridgehead atoms. The molecule has 0 aliphatic rings. The monoisotopic (exact) mass is 1180 g/mol. The van der Waals surface area contributed by atoms with Gasteiger partial charge in [0.25, 0.3) is 0 Å². The van der Waals surface area contributed by atoms with Crippen LogP contribution in [0.1, 0.15) is 438 Å². The minimum absolute atomic E-state index is 0.00687. The average molecular weight is 1180 g/mol. The minimum Gasteiger partial charge on any atom is -0.466 e. The van der Waals surface area contributed by atoms with Crippen LogP contribution in [0.4, 0.5) is 0 Å². The van der Waals surface area contributed by atoms with Gasteiger partial charge >= 0.3 is 5.97 Å². The van der Waals surface area contributed by atoms with E-state index < -0.39 is 12.1 Å². The van der Waals surface area contributed by atoms with Gasteiger partial charge in [-0.25, -0.2) is 0 Å². The first kappa shape index (κ1) is 82.3. The van der Waals surface area contributed by atoms with Crippen molar-refractivity contribution in [3.8, 4) is 0 Å². The Bertz CT molecular complexity index is 1320. The molecule has 0 spiro atoms. The third-order valence-electron chi connectivity index (χ3n) is 18.3. The van der Waals surface area contributed by atoms with E-state index in [0.717, 1.165) is 51.4 Å². The number of rotatable bonds is 73. The smallest absolute Gasteiger partial charge is 0.305 e. The second-order valence-corrected chi connectivity index (χ2v) is 26.7. The van der Waals surface area contributed by atoms with E-state index in [1.165, 1.54) is 353 Å². The molecule has 0 saturated heterocycles. The molecule has 0 aliphatic heterocycles. The summed E-state index contributed by atoms with van der Waals surface area (Å²) >= 11 is 0. The lowest BCUT2D eigenvalue weighted by atomic mass is 10.0. The molecule has 0 fully saturated rings. The van der Waals surface area contributed by atoms with Crippen molar-refractivity contribution in [3.05, 3.63) is 24.3 Å². The van der Waals surface area contributed by atoms with E-state index in [2.05, 4.69) is 43.5 Å². The second-order valence-electron chi connectivity index (χ2n) is 26.7. The van der Waals surface area contributed by atoms with Crippen molar-refractivity contribution in [1.82, 2.24) is 5.32 Å². The molecule has 2 unspecified atom stereocenters. The largest absolute Gasteiger partial charge is 0.466 e. The summed E-state index contributed by atoms with van der Waals surface area (Å²) in [5.41, 5.74) is 0. The van der Waals surface area contributed by atoms with Gasteiger partial charge in [-0.05, 0) is 51.4 Å². The fourth-order valence-corrected chi connectivity index (χ4v) is 12.4. The van der Waals surface area contributed by atoms with Crippen molar-refractivity contribution in [2.75, 3.05) is 13.2 Å². The number of carbonyl (C=O) groups excluding carboxylic acids is 2. The predicted molar refractivity (Wildman–Crippen MR) is 370 cm³/mol. The summed E-state index contributed by atoms with van der Waals surface area (Å²) in [6.07, 6.45) is 94.0. The molecule has 0 heterocycles. The Balaban J connectivity index is 3.33. The summed E-state index contributed by atoms with van der Waals surface area (Å²) in [7, 11) is 0. The number of aliphatic hydroxyl groups is 2. The van der Waals surface area contributed by atoms with Crippen LogP contribution < -0.4 is 5.32 Å². The fourth-order valence-electron chi connectivity index (χ4n) is 12.4. The first-order valence-corrected chi connectivity index (χ1v) is 38.6. The van der Waals surface area contributed by atoms with E-state index in [1.807, 2.05) is 0 Å². The third-order valence-corrected chi connectivity index (χ3v) is 18.3. The van der Waals surface area contributed by atoms with Crippen LogP contribution in [-0.2, 0) is 14.3 Å². The van der Waals surface area contributed by atoms with Gasteiger partial charge in [-0.1, -0.05) is 398 Å². The molecule has 0 aromatic heterocycles. The van der Waals surface area contributed by atoms with Crippen molar-refractivity contribution in [2.24, 2.45) is 0 Å². The van der Waals surface area contributed by atoms with Crippen LogP contribution in [0.15, 0.2) is 24.3 Å². The molecule has 3 N–H and O–H groups in total. The van der Waals surface area contributed by atoms with E-state index in [1.54, 1.807) is 0 Å². The Labute approximate surface area is 526 Å². The quantitative estimate of drug-likeness (QED) is 0.0320. The number of unbranched alkanes of at least 4 members (excludes halogenated alkanes) is 58. The van der Waals surface area contributed by atoms with E-state index in [4.69, 9.17) is 4.74 Å².